The molecule has 1 heterocycles. The minimum atomic E-state index is -0.0339. The molecule has 1 aromatic heterocycles. The monoisotopic (exact) mass is 251 g/mol. The average molecular weight is 251 g/mol. The number of aryl methyl sites for hydroxylation is 1. The Morgan fingerprint density at radius 3 is 3.00 bits per heavy atom. The van der Waals surface area contributed by atoms with Crippen molar-refractivity contribution in [2.45, 2.75) is 19.6 Å². The number of hydrogen-bond acceptors (Lipinski definition) is 4. The Kier molecular flexibility index (Phi) is 3.91. The zero-order chi connectivity index (χ0) is 12.3. The van der Waals surface area contributed by atoms with E-state index in [4.69, 9.17) is 5.73 Å². The Labute approximate surface area is 105 Å². The van der Waals surface area contributed by atoms with Crippen molar-refractivity contribution in [1.29, 1.82) is 0 Å². The maximum absolute atomic E-state index is 9.33. The van der Waals surface area contributed by atoms with Gasteiger partial charge in [-0.2, -0.15) is 11.8 Å². The zero-order valence-electron chi connectivity index (χ0n) is 9.89. The summed E-state index contributed by atoms with van der Waals surface area (Å²) in [6.45, 7) is 0.852. The fraction of sp³-hybridized carbons (Fsp3) is 0.417. The van der Waals surface area contributed by atoms with Gasteiger partial charge in [0.25, 0.3) is 0 Å². The number of nitrogen functional groups attached to an aromatic ring is 1. The highest BCUT2D eigenvalue weighted by atomic mass is 32.2. The predicted octanol–water partition coefficient (Wildman–Crippen LogP) is 1.86. The van der Waals surface area contributed by atoms with Crippen molar-refractivity contribution in [3.63, 3.8) is 0 Å². The summed E-state index contributed by atoms with van der Waals surface area (Å²) in [5, 5.41) is 9.33. The number of anilines is 1. The van der Waals surface area contributed by atoms with Crippen molar-refractivity contribution in [1.82, 2.24) is 9.55 Å². The SMILES string of the molecule is CSCCCn1c(CO)nc2cc(N)ccc21. The molecule has 0 saturated heterocycles. The lowest BCUT2D eigenvalue weighted by Crippen LogP contribution is -2.04. The Morgan fingerprint density at radius 1 is 1.47 bits per heavy atom. The number of aromatic nitrogens is 2. The minimum absolute atomic E-state index is 0.0339. The van der Waals surface area contributed by atoms with Crippen molar-refractivity contribution in [3.05, 3.63) is 24.0 Å². The summed E-state index contributed by atoms with van der Waals surface area (Å²) in [6, 6.07) is 5.69. The molecule has 0 aliphatic rings. The van der Waals surface area contributed by atoms with E-state index < -0.39 is 0 Å². The molecule has 0 spiro atoms. The first-order valence-electron chi connectivity index (χ1n) is 5.60. The number of nitrogens with zero attached hydrogens (tertiary/aromatic N) is 2. The summed E-state index contributed by atoms with van der Waals surface area (Å²) in [6.07, 6.45) is 3.17. The molecule has 0 radical (unpaired) electrons. The van der Waals surface area contributed by atoms with Gasteiger partial charge in [-0.25, -0.2) is 4.98 Å². The average Bonchev–Trinajstić information content (AvgIpc) is 2.67. The molecule has 17 heavy (non-hydrogen) atoms. The van der Waals surface area contributed by atoms with E-state index in [1.165, 1.54) is 0 Å². The lowest BCUT2D eigenvalue weighted by molar-refractivity contribution is 0.266. The number of nitrogens with two attached hydrogens (primary N) is 1. The molecule has 4 nitrogen and oxygen atoms in total. The van der Waals surface area contributed by atoms with Crippen LogP contribution in [0.25, 0.3) is 11.0 Å². The number of aliphatic hydroxyl groups excluding tert-OH is 1. The van der Waals surface area contributed by atoms with Crippen LogP contribution in [0, 0.1) is 0 Å². The third-order valence-electron chi connectivity index (χ3n) is 2.72. The number of hydrogen-bond donors (Lipinski definition) is 2. The van der Waals surface area contributed by atoms with Gasteiger partial charge in [-0.3, -0.25) is 0 Å². The highest BCUT2D eigenvalue weighted by Crippen LogP contribution is 2.19. The maximum atomic E-state index is 9.33. The molecule has 0 fully saturated rings. The van der Waals surface area contributed by atoms with Crippen LogP contribution in [0.2, 0.25) is 0 Å². The van der Waals surface area contributed by atoms with E-state index in [0.717, 1.165) is 29.8 Å². The largest absolute Gasteiger partial charge is 0.399 e. The summed E-state index contributed by atoms with van der Waals surface area (Å²) >= 11 is 1.83. The van der Waals surface area contributed by atoms with Crippen LogP contribution in [0.4, 0.5) is 5.69 Å². The van der Waals surface area contributed by atoms with Gasteiger partial charge >= 0.3 is 0 Å². The van der Waals surface area contributed by atoms with E-state index in [1.54, 1.807) is 0 Å². The van der Waals surface area contributed by atoms with Crippen LogP contribution in [0.15, 0.2) is 18.2 Å². The lowest BCUT2D eigenvalue weighted by Gasteiger charge is -2.06. The van der Waals surface area contributed by atoms with Crippen LogP contribution in [-0.2, 0) is 13.2 Å². The number of benzene rings is 1. The Hall–Kier alpha value is -1.20. The molecule has 0 amide bonds. The second kappa shape index (κ2) is 5.42. The van der Waals surface area contributed by atoms with Crippen LogP contribution in [-0.4, -0.2) is 26.7 Å². The Balaban J connectivity index is 2.36. The van der Waals surface area contributed by atoms with Gasteiger partial charge in [-0.15, -0.1) is 0 Å². The van der Waals surface area contributed by atoms with Crippen LogP contribution >= 0.6 is 11.8 Å². The second-order valence-corrected chi connectivity index (χ2v) is 4.92. The molecule has 2 aromatic rings. The van der Waals surface area contributed by atoms with Crippen molar-refractivity contribution in [2.75, 3.05) is 17.7 Å². The maximum Gasteiger partial charge on any atom is 0.135 e. The van der Waals surface area contributed by atoms with E-state index >= 15 is 0 Å². The molecule has 92 valence electrons. The first-order chi connectivity index (χ1) is 8.26. The normalized spacial score (nSPS) is 11.2. The molecule has 0 unspecified atom stereocenters. The van der Waals surface area contributed by atoms with Crippen molar-refractivity contribution in [2.24, 2.45) is 0 Å². The van der Waals surface area contributed by atoms with Gasteiger partial charge in [-0.05, 0) is 36.6 Å². The van der Waals surface area contributed by atoms with Crippen LogP contribution in [0.5, 0.6) is 0 Å². The molecule has 0 atom stereocenters. The molecule has 3 N–H and O–H groups in total. The predicted molar refractivity (Wildman–Crippen MR) is 73.1 cm³/mol. The molecular weight excluding hydrogens is 234 g/mol. The smallest absolute Gasteiger partial charge is 0.135 e. The quantitative estimate of drug-likeness (QED) is 0.629. The summed E-state index contributed by atoms with van der Waals surface area (Å²) in [5.74, 6) is 1.83. The van der Waals surface area contributed by atoms with Gasteiger partial charge in [0, 0.05) is 12.2 Å². The van der Waals surface area contributed by atoms with E-state index in [-0.39, 0.29) is 6.61 Å². The molecule has 0 saturated carbocycles. The number of aliphatic hydroxyl groups is 1. The Morgan fingerprint density at radius 2 is 2.29 bits per heavy atom. The van der Waals surface area contributed by atoms with E-state index in [1.807, 2.05) is 30.0 Å². The fourth-order valence-corrected chi connectivity index (χ4v) is 2.35. The number of fused-ring (bicyclic) bond motifs is 1. The molecule has 1 aromatic carbocycles. The molecule has 0 aliphatic carbocycles. The van der Waals surface area contributed by atoms with Gasteiger partial charge in [0.15, 0.2) is 0 Å². The number of thioether (sulfide) groups is 1. The van der Waals surface area contributed by atoms with Crippen molar-refractivity contribution < 1.29 is 5.11 Å². The van der Waals surface area contributed by atoms with Gasteiger partial charge in [0.2, 0.25) is 0 Å². The minimum Gasteiger partial charge on any atom is -0.399 e. The van der Waals surface area contributed by atoms with Crippen LogP contribution in [0.3, 0.4) is 0 Å². The second-order valence-electron chi connectivity index (χ2n) is 3.93. The molecule has 0 aliphatic heterocycles. The van der Waals surface area contributed by atoms with Gasteiger partial charge in [0.1, 0.15) is 12.4 Å². The molecule has 0 bridgehead atoms. The van der Waals surface area contributed by atoms with E-state index in [0.29, 0.717) is 11.5 Å². The summed E-state index contributed by atoms with van der Waals surface area (Å²) in [5.41, 5.74) is 8.34. The van der Waals surface area contributed by atoms with Gasteiger partial charge < -0.3 is 15.4 Å². The van der Waals surface area contributed by atoms with Crippen LogP contribution < -0.4 is 5.73 Å². The number of rotatable bonds is 5. The topological polar surface area (TPSA) is 64.1 Å². The van der Waals surface area contributed by atoms with Crippen molar-refractivity contribution >= 4 is 28.5 Å². The third-order valence-corrected chi connectivity index (χ3v) is 3.42. The Bertz CT molecular complexity index is 510. The standard InChI is InChI=1S/C12H17N3OS/c1-17-6-2-5-15-11-4-3-9(13)7-10(11)14-12(15)8-16/h3-4,7,16H,2,5-6,8,13H2,1H3. The summed E-state index contributed by atoms with van der Waals surface area (Å²) < 4.78 is 2.07. The zero-order valence-corrected chi connectivity index (χ0v) is 10.7. The van der Waals surface area contributed by atoms with E-state index in [2.05, 4.69) is 15.8 Å². The third kappa shape index (κ3) is 2.56. The summed E-state index contributed by atoms with van der Waals surface area (Å²) in [7, 11) is 0. The van der Waals surface area contributed by atoms with Gasteiger partial charge in [0.05, 0.1) is 11.0 Å². The first-order valence-corrected chi connectivity index (χ1v) is 7.00. The van der Waals surface area contributed by atoms with Crippen molar-refractivity contribution in [3.8, 4) is 0 Å². The summed E-state index contributed by atoms with van der Waals surface area (Å²) in [4.78, 5) is 4.40. The fourth-order valence-electron chi connectivity index (χ4n) is 1.93. The molecule has 5 heteroatoms. The highest BCUT2D eigenvalue weighted by molar-refractivity contribution is 7.98. The van der Waals surface area contributed by atoms with E-state index in [9.17, 15) is 5.11 Å². The van der Waals surface area contributed by atoms with Crippen LogP contribution in [0.1, 0.15) is 12.2 Å². The molecule has 2 rings (SSSR count). The molecular formula is C12H17N3OS. The first kappa shape index (κ1) is 12.3. The van der Waals surface area contributed by atoms with Gasteiger partial charge in [-0.1, -0.05) is 0 Å². The lowest BCUT2D eigenvalue weighted by atomic mass is 10.3. The highest BCUT2D eigenvalue weighted by Gasteiger charge is 2.09. The number of imidazole rings is 1.